The van der Waals surface area contributed by atoms with Gasteiger partial charge in [0.15, 0.2) is 11.5 Å². The van der Waals surface area contributed by atoms with Gasteiger partial charge >= 0.3 is 0 Å². The fourth-order valence-electron chi connectivity index (χ4n) is 2.02. The molecule has 0 amide bonds. The number of nitrogens with zero attached hydrogens (tertiary/aromatic N) is 2. The van der Waals surface area contributed by atoms with Crippen LogP contribution < -0.4 is 9.47 Å². The smallest absolute Gasteiger partial charge is 0.222 e. The molecule has 0 unspecified atom stereocenters. The largest absolute Gasteiger partial charge is 0.490 e. The van der Waals surface area contributed by atoms with Gasteiger partial charge in [-0.05, 0) is 42.3 Å². The van der Waals surface area contributed by atoms with E-state index in [4.69, 9.17) is 21.1 Å². The maximum absolute atomic E-state index is 5.86. The number of benzene rings is 1. The molecule has 0 spiro atoms. The van der Waals surface area contributed by atoms with Crippen molar-refractivity contribution < 1.29 is 9.47 Å². The highest BCUT2D eigenvalue weighted by atomic mass is 35.5. The van der Waals surface area contributed by atoms with Crippen molar-refractivity contribution in [2.75, 3.05) is 13.2 Å². The SMILES string of the molecule is Cc1cnc(Cl)nc1-c1ccc2c(c1)OCCCO2. The summed E-state index contributed by atoms with van der Waals surface area (Å²) in [6.45, 7) is 3.30. The second-order valence-corrected chi connectivity index (χ2v) is 4.72. The lowest BCUT2D eigenvalue weighted by atomic mass is 10.1. The quantitative estimate of drug-likeness (QED) is 0.750. The van der Waals surface area contributed by atoms with Gasteiger partial charge in [0.1, 0.15) is 0 Å². The van der Waals surface area contributed by atoms with Crippen LogP contribution in [0.2, 0.25) is 5.28 Å². The fraction of sp³-hybridized carbons (Fsp3) is 0.286. The molecular weight excluding hydrogens is 264 g/mol. The average molecular weight is 277 g/mol. The molecule has 1 aliphatic heterocycles. The van der Waals surface area contributed by atoms with Crippen molar-refractivity contribution in [3.05, 3.63) is 35.2 Å². The Balaban J connectivity index is 2.06. The Morgan fingerprint density at radius 3 is 2.79 bits per heavy atom. The minimum atomic E-state index is 0.243. The maximum Gasteiger partial charge on any atom is 0.222 e. The molecule has 0 bridgehead atoms. The van der Waals surface area contributed by atoms with Crippen molar-refractivity contribution >= 4 is 11.6 Å². The zero-order valence-electron chi connectivity index (χ0n) is 10.5. The summed E-state index contributed by atoms with van der Waals surface area (Å²) in [7, 11) is 0. The van der Waals surface area contributed by atoms with E-state index in [9.17, 15) is 0 Å². The zero-order chi connectivity index (χ0) is 13.2. The lowest BCUT2D eigenvalue weighted by Crippen LogP contribution is -1.97. The van der Waals surface area contributed by atoms with Crippen LogP contribution in [-0.2, 0) is 0 Å². The van der Waals surface area contributed by atoms with Gasteiger partial charge in [-0.1, -0.05) is 0 Å². The molecule has 0 N–H and O–H groups in total. The van der Waals surface area contributed by atoms with E-state index < -0.39 is 0 Å². The molecule has 4 nitrogen and oxygen atoms in total. The number of fused-ring (bicyclic) bond motifs is 1. The van der Waals surface area contributed by atoms with E-state index in [0.29, 0.717) is 13.2 Å². The lowest BCUT2D eigenvalue weighted by Gasteiger charge is -2.10. The van der Waals surface area contributed by atoms with Crippen molar-refractivity contribution in [2.45, 2.75) is 13.3 Å². The van der Waals surface area contributed by atoms with Crippen molar-refractivity contribution in [1.29, 1.82) is 0 Å². The van der Waals surface area contributed by atoms with Crippen LogP contribution in [0.25, 0.3) is 11.3 Å². The molecule has 5 heteroatoms. The standard InChI is InChI=1S/C14H13ClN2O2/c1-9-8-16-14(15)17-13(9)10-3-4-11-12(7-10)19-6-2-5-18-11/h3-4,7-8H,2,5-6H2,1H3. The Morgan fingerprint density at radius 1 is 1.16 bits per heavy atom. The van der Waals surface area contributed by atoms with Crippen LogP contribution in [-0.4, -0.2) is 23.2 Å². The van der Waals surface area contributed by atoms with Crippen LogP contribution in [0.1, 0.15) is 12.0 Å². The van der Waals surface area contributed by atoms with Gasteiger partial charge in [-0.2, -0.15) is 0 Å². The van der Waals surface area contributed by atoms with Crippen molar-refractivity contribution in [1.82, 2.24) is 9.97 Å². The zero-order valence-corrected chi connectivity index (χ0v) is 11.3. The Hall–Kier alpha value is -1.81. The van der Waals surface area contributed by atoms with E-state index in [1.165, 1.54) is 0 Å². The topological polar surface area (TPSA) is 44.2 Å². The minimum absolute atomic E-state index is 0.243. The highest BCUT2D eigenvalue weighted by molar-refractivity contribution is 6.28. The second-order valence-electron chi connectivity index (χ2n) is 4.38. The molecule has 1 aromatic carbocycles. The summed E-state index contributed by atoms with van der Waals surface area (Å²) in [4.78, 5) is 8.24. The summed E-state index contributed by atoms with van der Waals surface area (Å²) in [5, 5.41) is 0.243. The molecule has 2 heterocycles. The van der Waals surface area contributed by atoms with Crippen molar-refractivity contribution in [3.63, 3.8) is 0 Å². The molecule has 19 heavy (non-hydrogen) atoms. The number of rotatable bonds is 1. The van der Waals surface area contributed by atoms with Gasteiger partial charge in [0.2, 0.25) is 5.28 Å². The van der Waals surface area contributed by atoms with Gasteiger partial charge in [-0.15, -0.1) is 0 Å². The van der Waals surface area contributed by atoms with Gasteiger partial charge in [-0.3, -0.25) is 0 Å². The van der Waals surface area contributed by atoms with Crippen LogP contribution in [0.4, 0.5) is 0 Å². The first kappa shape index (κ1) is 12.2. The Labute approximate surface area is 116 Å². The fourth-order valence-corrected chi connectivity index (χ4v) is 2.16. The van der Waals surface area contributed by atoms with Crippen molar-refractivity contribution in [2.24, 2.45) is 0 Å². The van der Waals surface area contributed by atoms with E-state index in [-0.39, 0.29) is 5.28 Å². The van der Waals surface area contributed by atoms with E-state index in [0.717, 1.165) is 34.7 Å². The molecule has 1 aliphatic rings. The normalized spacial score (nSPS) is 14.0. The van der Waals surface area contributed by atoms with E-state index in [2.05, 4.69) is 9.97 Å². The molecule has 1 aromatic heterocycles. The van der Waals surface area contributed by atoms with Crippen molar-refractivity contribution in [3.8, 4) is 22.8 Å². The molecule has 0 radical (unpaired) electrons. The number of hydrogen-bond acceptors (Lipinski definition) is 4. The molecule has 0 saturated carbocycles. The number of hydrogen-bond donors (Lipinski definition) is 0. The predicted octanol–water partition coefficient (Wildman–Crippen LogP) is 3.27. The summed E-state index contributed by atoms with van der Waals surface area (Å²) >= 11 is 5.86. The summed E-state index contributed by atoms with van der Waals surface area (Å²) < 4.78 is 11.3. The molecule has 3 rings (SSSR count). The molecule has 0 atom stereocenters. The molecule has 0 fully saturated rings. The highest BCUT2D eigenvalue weighted by Crippen LogP contribution is 2.34. The molecular formula is C14H13ClN2O2. The van der Waals surface area contributed by atoms with Crippen LogP contribution in [0.3, 0.4) is 0 Å². The summed E-state index contributed by atoms with van der Waals surface area (Å²) in [6, 6.07) is 5.80. The first-order valence-electron chi connectivity index (χ1n) is 6.13. The van der Waals surface area contributed by atoms with Gasteiger partial charge < -0.3 is 9.47 Å². The van der Waals surface area contributed by atoms with Crippen LogP contribution >= 0.6 is 11.6 Å². The van der Waals surface area contributed by atoms with Gasteiger partial charge in [0.05, 0.1) is 18.9 Å². The number of aromatic nitrogens is 2. The van der Waals surface area contributed by atoms with E-state index in [1.807, 2.05) is 25.1 Å². The summed E-state index contributed by atoms with van der Waals surface area (Å²) in [5.74, 6) is 1.53. The Kier molecular flexibility index (Phi) is 3.25. The number of aryl methyl sites for hydroxylation is 1. The first-order valence-corrected chi connectivity index (χ1v) is 6.51. The molecule has 0 saturated heterocycles. The van der Waals surface area contributed by atoms with Gasteiger partial charge in [0, 0.05) is 18.2 Å². The second kappa shape index (κ2) is 5.05. The van der Waals surface area contributed by atoms with Crippen LogP contribution in [0.15, 0.2) is 24.4 Å². The lowest BCUT2D eigenvalue weighted by molar-refractivity contribution is 0.297. The average Bonchev–Trinajstić information content (AvgIpc) is 2.66. The molecule has 2 aromatic rings. The third-order valence-electron chi connectivity index (χ3n) is 2.96. The molecule has 98 valence electrons. The van der Waals surface area contributed by atoms with Gasteiger partial charge in [-0.25, -0.2) is 9.97 Å². The third kappa shape index (κ3) is 2.49. The Morgan fingerprint density at radius 2 is 1.95 bits per heavy atom. The number of ether oxygens (including phenoxy) is 2. The first-order chi connectivity index (χ1) is 9.24. The predicted molar refractivity (Wildman–Crippen MR) is 72.8 cm³/mol. The van der Waals surface area contributed by atoms with Crippen LogP contribution in [0.5, 0.6) is 11.5 Å². The highest BCUT2D eigenvalue weighted by Gasteiger charge is 2.13. The summed E-state index contributed by atoms with van der Waals surface area (Å²) in [5.41, 5.74) is 2.74. The number of halogens is 1. The van der Waals surface area contributed by atoms with Gasteiger partial charge in [0.25, 0.3) is 0 Å². The van der Waals surface area contributed by atoms with Crippen LogP contribution in [0, 0.1) is 6.92 Å². The minimum Gasteiger partial charge on any atom is -0.490 e. The monoisotopic (exact) mass is 276 g/mol. The third-order valence-corrected chi connectivity index (χ3v) is 3.15. The van der Waals surface area contributed by atoms with E-state index in [1.54, 1.807) is 6.20 Å². The molecule has 0 aliphatic carbocycles. The summed E-state index contributed by atoms with van der Waals surface area (Å²) in [6.07, 6.45) is 2.61. The van der Waals surface area contributed by atoms with E-state index >= 15 is 0 Å². The maximum atomic E-state index is 5.86. The Bertz CT molecular complexity index is 616.